The van der Waals surface area contributed by atoms with Crippen molar-refractivity contribution in [2.45, 2.75) is 17.7 Å². The molecule has 0 aliphatic carbocycles. The van der Waals surface area contributed by atoms with Crippen LogP contribution in [-0.4, -0.2) is 39.6 Å². The van der Waals surface area contributed by atoms with Gasteiger partial charge in [0.25, 0.3) is 10.0 Å². The van der Waals surface area contributed by atoms with Gasteiger partial charge in [-0.2, -0.15) is 0 Å². The number of sulfonamides is 1. The Hall–Kier alpha value is -2.43. The van der Waals surface area contributed by atoms with Crippen LogP contribution in [0.2, 0.25) is 10.0 Å². The minimum atomic E-state index is -3.84. The smallest absolute Gasteiger partial charge is 0.268 e. The van der Waals surface area contributed by atoms with Crippen molar-refractivity contribution in [1.29, 1.82) is 0 Å². The summed E-state index contributed by atoms with van der Waals surface area (Å²) in [6.07, 6.45) is 5.45. The molecular weight excluding hydrogens is 519 g/mol. The fourth-order valence-electron chi connectivity index (χ4n) is 2.86. The van der Waals surface area contributed by atoms with Crippen LogP contribution in [-0.2, 0) is 19.6 Å². The molecule has 0 fully saturated rings. The first kappa shape index (κ1) is 26.2. The minimum Gasteiger partial charge on any atom is -0.492 e. The van der Waals surface area contributed by atoms with Gasteiger partial charge < -0.3 is 9.47 Å². The zero-order valence-corrected chi connectivity index (χ0v) is 21.3. The van der Waals surface area contributed by atoms with Gasteiger partial charge in [0.1, 0.15) is 12.5 Å². The third-order valence-corrected chi connectivity index (χ3v) is 7.69. The van der Waals surface area contributed by atoms with Crippen molar-refractivity contribution < 1.29 is 22.7 Å². The lowest BCUT2D eigenvalue weighted by molar-refractivity contribution is -0.114. The fourth-order valence-corrected chi connectivity index (χ4v) is 5.51. The molecule has 0 spiro atoms. The summed E-state index contributed by atoms with van der Waals surface area (Å²) < 4.78 is 37.7. The standard InChI is InChI=1S/C23H22Cl2N2O5S2/c1-31-16-27(23-26-12-14-33-23)34(29,30)20-9-5-17(6-10-20)4-8-19(28)3-2-13-32-22-11-7-18(24)15-21(22)25/h4-12,14-15H,2-3,13,16H2,1H3/b8-4+. The molecule has 3 aromatic rings. The van der Waals surface area contributed by atoms with Crippen LogP contribution in [0.25, 0.3) is 6.08 Å². The maximum Gasteiger partial charge on any atom is 0.268 e. The highest BCUT2D eigenvalue weighted by Crippen LogP contribution is 2.28. The molecule has 0 radical (unpaired) electrons. The molecule has 1 heterocycles. The molecule has 0 aliphatic rings. The van der Waals surface area contributed by atoms with Crippen LogP contribution >= 0.6 is 34.5 Å². The zero-order chi connectivity index (χ0) is 24.6. The van der Waals surface area contributed by atoms with Crippen molar-refractivity contribution in [1.82, 2.24) is 4.98 Å². The van der Waals surface area contributed by atoms with E-state index in [2.05, 4.69) is 4.98 Å². The number of carbonyl (C=O) groups is 1. The predicted molar refractivity (Wildman–Crippen MR) is 135 cm³/mol. The first-order chi connectivity index (χ1) is 16.3. The first-order valence-electron chi connectivity index (χ1n) is 10.1. The summed E-state index contributed by atoms with van der Waals surface area (Å²) in [6.45, 7) is 0.185. The molecule has 1 aromatic heterocycles. The average molecular weight is 541 g/mol. The molecule has 34 heavy (non-hydrogen) atoms. The van der Waals surface area contributed by atoms with E-state index in [4.69, 9.17) is 32.7 Å². The van der Waals surface area contributed by atoms with Crippen molar-refractivity contribution in [3.8, 4) is 5.75 Å². The number of rotatable bonds is 12. The van der Waals surface area contributed by atoms with Gasteiger partial charge in [-0.25, -0.2) is 17.7 Å². The van der Waals surface area contributed by atoms with Crippen LogP contribution in [0.5, 0.6) is 5.75 Å². The highest BCUT2D eigenvalue weighted by atomic mass is 35.5. The van der Waals surface area contributed by atoms with Gasteiger partial charge in [-0.15, -0.1) is 11.3 Å². The van der Waals surface area contributed by atoms with E-state index in [0.29, 0.717) is 45.9 Å². The lowest BCUT2D eigenvalue weighted by Gasteiger charge is -2.20. The van der Waals surface area contributed by atoms with Crippen molar-refractivity contribution in [2.75, 3.05) is 24.8 Å². The van der Waals surface area contributed by atoms with Gasteiger partial charge in [0.2, 0.25) is 5.13 Å². The normalized spacial score (nSPS) is 11.6. The Kier molecular flexibility index (Phi) is 9.49. The molecule has 11 heteroatoms. The minimum absolute atomic E-state index is 0.0717. The van der Waals surface area contributed by atoms with Crippen LogP contribution < -0.4 is 9.04 Å². The van der Waals surface area contributed by atoms with Crippen LogP contribution in [0.15, 0.2) is 65.0 Å². The number of allylic oxidation sites excluding steroid dienone is 1. The zero-order valence-electron chi connectivity index (χ0n) is 18.2. The molecule has 0 saturated carbocycles. The first-order valence-corrected chi connectivity index (χ1v) is 13.2. The van der Waals surface area contributed by atoms with Gasteiger partial charge in [-0.05, 0) is 48.4 Å². The highest BCUT2D eigenvalue weighted by molar-refractivity contribution is 7.93. The number of thiazole rings is 1. The number of halogens is 2. The molecule has 0 N–H and O–H groups in total. The summed E-state index contributed by atoms with van der Waals surface area (Å²) in [7, 11) is -2.43. The Balaban J connectivity index is 1.54. The van der Waals surface area contributed by atoms with E-state index < -0.39 is 10.0 Å². The number of methoxy groups -OCH3 is 1. The van der Waals surface area contributed by atoms with E-state index >= 15 is 0 Å². The Morgan fingerprint density at radius 3 is 2.59 bits per heavy atom. The number of carbonyl (C=O) groups excluding carboxylic acids is 1. The van der Waals surface area contributed by atoms with Crippen LogP contribution in [0.4, 0.5) is 5.13 Å². The Morgan fingerprint density at radius 2 is 1.94 bits per heavy atom. The van der Waals surface area contributed by atoms with E-state index in [1.165, 1.54) is 42.9 Å². The Morgan fingerprint density at radius 1 is 1.18 bits per heavy atom. The summed E-state index contributed by atoms with van der Waals surface area (Å²) in [4.78, 5) is 16.3. The number of hydrogen-bond acceptors (Lipinski definition) is 7. The molecule has 0 amide bonds. The maximum atomic E-state index is 13.0. The van der Waals surface area contributed by atoms with Gasteiger partial charge in [-0.1, -0.05) is 41.4 Å². The van der Waals surface area contributed by atoms with E-state index in [1.54, 1.807) is 41.8 Å². The van der Waals surface area contributed by atoms with E-state index in [-0.39, 0.29) is 17.4 Å². The lowest BCUT2D eigenvalue weighted by atomic mass is 10.1. The van der Waals surface area contributed by atoms with Gasteiger partial charge in [0.15, 0.2) is 5.78 Å². The number of hydrogen-bond donors (Lipinski definition) is 0. The maximum absolute atomic E-state index is 13.0. The molecule has 0 aliphatic heterocycles. The van der Waals surface area contributed by atoms with Crippen molar-refractivity contribution in [2.24, 2.45) is 0 Å². The molecular formula is C23H22Cl2N2O5S2. The van der Waals surface area contributed by atoms with Gasteiger partial charge >= 0.3 is 0 Å². The fraction of sp³-hybridized carbons (Fsp3) is 0.217. The number of ether oxygens (including phenoxy) is 2. The van der Waals surface area contributed by atoms with Crippen LogP contribution in [0.1, 0.15) is 18.4 Å². The summed E-state index contributed by atoms with van der Waals surface area (Å²) in [6, 6.07) is 11.2. The summed E-state index contributed by atoms with van der Waals surface area (Å²) in [5.74, 6) is 0.445. The lowest BCUT2D eigenvalue weighted by Crippen LogP contribution is -2.32. The Labute approximate surface area is 212 Å². The van der Waals surface area contributed by atoms with Crippen LogP contribution in [0, 0.1) is 0 Å². The van der Waals surface area contributed by atoms with Gasteiger partial charge in [0.05, 0.1) is 16.5 Å². The Bertz CT molecular complexity index is 1230. The topological polar surface area (TPSA) is 85.8 Å². The van der Waals surface area contributed by atoms with Gasteiger partial charge in [-0.3, -0.25) is 4.79 Å². The van der Waals surface area contributed by atoms with Crippen molar-refractivity contribution >= 4 is 61.6 Å². The molecule has 0 bridgehead atoms. The summed E-state index contributed by atoms with van der Waals surface area (Å²) >= 11 is 13.1. The number of ketones is 1. The second-order valence-corrected chi connectivity index (χ2v) is 10.6. The summed E-state index contributed by atoms with van der Waals surface area (Å²) in [5.41, 5.74) is 0.698. The molecule has 0 atom stereocenters. The van der Waals surface area contributed by atoms with E-state index in [0.717, 1.165) is 4.31 Å². The second-order valence-electron chi connectivity index (χ2n) is 6.98. The van der Waals surface area contributed by atoms with Gasteiger partial charge in [0, 0.05) is 30.1 Å². The summed E-state index contributed by atoms with van der Waals surface area (Å²) in [5, 5.41) is 2.95. The van der Waals surface area contributed by atoms with Crippen molar-refractivity contribution in [3.05, 3.63) is 75.7 Å². The molecule has 3 rings (SSSR count). The monoisotopic (exact) mass is 540 g/mol. The third kappa shape index (κ3) is 7.04. The molecule has 2 aromatic carbocycles. The van der Waals surface area contributed by atoms with Crippen LogP contribution in [0.3, 0.4) is 0 Å². The predicted octanol–water partition coefficient (Wildman–Crippen LogP) is 5.69. The third-order valence-electron chi connectivity index (χ3n) is 4.53. The number of anilines is 1. The molecule has 0 saturated heterocycles. The number of nitrogens with zero attached hydrogens (tertiary/aromatic N) is 2. The average Bonchev–Trinajstić information content (AvgIpc) is 3.34. The molecule has 7 nitrogen and oxygen atoms in total. The number of aromatic nitrogens is 1. The van der Waals surface area contributed by atoms with Crippen molar-refractivity contribution in [3.63, 3.8) is 0 Å². The SMILES string of the molecule is COCN(c1nccs1)S(=O)(=O)c1ccc(/C=C/C(=O)CCCOc2ccc(Cl)cc2Cl)cc1. The molecule has 180 valence electrons. The number of benzene rings is 2. The van der Waals surface area contributed by atoms with E-state index in [1.807, 2.05) is 0 Å². The molecule has 0 unspecified atom stereocenters. The quantitative estimate of drug-likeness (QED) is 0.166. The largest absolute Gasteiger partial charge is 0.492 e. The second kappa shape index (κ2) is 12.3. The highest BCUT2D eigenvalue weighted by Gasteiger charge is 2.26. The van der Waals surface area contributed by atoms with E-state index in [9.17, 15) is 13.2 Å².